The lowest BCUT2D eigenvalue weighted by atomic mass is 10.2. The van der Waals surface area contributed by atoms with Crippen molar-refractivity contribution in [2.24, 2.45) is 0 Å². The van der Waals surface area contributed by atoms with Crippen molar-refractivity contribution in [3.8, 4) is 0 Å². The van der Waals surface area contributed by atoms with E-state index < -0.39 is 16.1 Å². The molecule has 1 saturated heterocycles. The molecule has 3 aromatic rings. The summed E-state index contributed by atoms with van der Waals surface area (Å²) in [5.41, 5.74) is 0.868. The Bertz CT molecular complexity index is 1140. The molecule has 1 N–H and O–H groups in total. The summed E-state index contributed by atoms with van der Waals surface area (Å²) in [4.78, 5) is 17.2. The molecule has 144 valence electrons. The highest BCUT2D eigenvalue weighted by Crippen LogP contribution is 2.31. The largest absolute Gasteiger partial charge is 0.323 e. The summed E-state index contributed by atoms with van der Waals surface area (Å²) < 4.78 is 28.0. The first-order chi connectivity index (χ1) is 13.5. The highest BCUT2D eigenvalue weighted by molar-refractivity contribution is 7.89. The number of fused-ring (bicyclic) bond motifs is 1. The second-order valence-electron chi connectivity index (χ2n) is 6.57. The fourth-order valence-electron chi connectivity index (χ4n) is 3.48. The number of halogens is 1. The fraction of sp³-hybridized carbons (Fsp3) is 0.200. The number of nitrogens with one attached hydrogen (secondary N) is 1. The second kappa shape index (κ2) is 7.50. The van der Waals surface area contributed by atoms with Crippen LogP contribution in [-0.4, -0.2) is 36.2 Å². The molecule has 6 nitrogen and oxygen atoms in total. The Kier molecular flexibility index (Phi) is 5.05. The minimum atomic E-state index is -3.88. The Morgan fingerprint density at radius 1 is 1.11 bits per heavy atom. The molecule has 1 amide bonds. The first-order valence-electron chi connectivity index (χ1n) is 8.89. The maximum absolute atomic E-state index is 13.4. The number of anilines is 1. The molecule has 8 heteroatoms. The third-order valence-electron chi connectivity index (χ3n) is 4.82. The number of nitrogens with zero attached hydrogens (tertiary/aromatic N) is 2. The predicted octanol–water partition coefficient (Wildman–Crippen LogP) is 3.68. The number of pyridine rings is 1. The van der Waals surface area contributed by atoms with Gasteiger partial charge in [-0.05, 0) is 37.1 Å². The Hall–Kier alpha value is -2.48. The average molecular weight is 416 g/mol. The number of hydrogen-bond donors (Lipinski definition) is 1. The molecule has 28 heavy (non-hydrogen) atoms. The highest BCUT2D eigenvalue weighted by Gasteiger charge is 2.40. The minimum Gasteiger partial charge on any atom is -0.323 e. The lowest BCUT2D eigenvalue weighted by molar-refractivity contribution is -0.119. The molecule has 0 aliphatic carbocycles. The van der Waals surface area contributed by atoms with Crippen LogP contribution < -0.4 is 5.32 Å². The third-order valence-corrected chi connectivity index (χ3v) is 7.09. The van der Waals surface area contributed by atoms with Crippen LogP contribution in [0, 0.1) is 0 Å². The van der Waals surface area contributed by atoms with Crippen LogP contribution >= 0.6 is 11.6 Å². The molecule has 1 unspecified atom stereocenters. The summed E-state index contributed by atoms with van der Waals surface area (Å²) in [5.74, 6) is -0.387. The number of benzene rings is 2. The zero-order valence-electron chi connectivity index (χ0n) is 14.9. The SMILES string of the molecule is O=C(Nc1ccccc1Cl)C1CCCN1S(=O)(=O)c1cccc2cccnc12. The van der Waals surface area contributed by atoms with Crippen molar-refractivity contribution in [3.63, 3.8) is 0 Å². The maximum atomic E-state index is 13.4. The zero-order valence-corrected chi connectivity index (χ0v) is 16.4. The van der Waals surface area contributed by atoms with Crippen molar-refractivity contribution < 1.29 is 13.2 Å². The van der Waals surface area contributed by atoms with Crippen molar-refractivity contribution in [2.45, 2.75) is 23.8 Å². The van der Waals surface area contributed by atoms with Gasteiger partial charge in [-0.3, -0.25) is 9.78 Å². The van der Waals surface area contributed by atoms with Crippen LogP contribution in [0.5, 0.6) is 0 Å². The van der Waals surface area contributed by atoms with Crippen LogP contribution in [0.2, 0.25) is 5.02 Å². The highest BCUT2D eigenvalue weighted by atomic mass is 35.5. The molecule has 1 aromatic heterocycles. The van der Waals surface area contributed by atoms with Crippen molar-refractivity contribution in [2.75, 3.05) is 11.9 Å². The topological polar surface area (TPSA) is 79.4 Å². The molecule has 1 aliphatic heterocycles. The summed E-state index contributed by atoms with van der Waals surface area (Å²) in [6.45, 7) is 0.284. The van der Waals surface area contributed by atoms with Crippen LogP contribution in [0.3, 0.4) is 0 Å². The molecule has 1 fully saturated rings. The van der Waals surface area contributed by atoms with E-state index in [1.54, 1.807) is 42.6 Å². The van der Waals surface area contributed by atoms with Crippen LogP contribution in [0.1, 0.15) is 12.8 Å². The molecule has 2 aromatic carbocycles. The number of aromatic nitrogens is 1. The lowest BCUT2D eigenvalue weighted by Crippen LogP contribution is -2.43. The van der Waals surface area contributed by atoms with Gasteiger partial charge >= 0.3 is 0 Å². The van der Waals surface area contributed by atoms with Gasteiger partial charge in [0.15, 0.2) is 0 Å². The summed E-state index contributed by atoms with van der Waals surface area (Å²) in [6.07, 6.45) is 2.62. The third kappa shape index (κ3) is 3.37. The molecule has 0 bridgehead atoms. The molecule has 2 heterocycles. The van der Waals surface area contributed by atoms with Gasteiger partial charge in [0.05, 0.1) is 16.2 Å². The van der Waals surface area contributed by atoms with Crippen molar-refractivity contribution in [1.29, 1.82) is 0 Å². The van der Waals surface area contributed by atoms with Crippen molar-refractivity contribution in [3.05, 3.63) is 65.8 Å². The molecule has 0 radical (unpaired) electrons. The Morgan fingerprint density at radius 3 is 2.71 bits per heavy atom. The number of carbonyl (C=O) groups is 1. The average Bonchev–Trinajstić information content (AvgIpc) is 3.20. The van der Waals surface area contributed by atoms with Gasteiger partial charge in [-0.2, -0.15) is 4.31 Å². The van der Waals surface area contributed by atoms with Crippen LogP contribution in [-0.2, 0) is 14.8 Å². The molecular weight excluding hydrogens is 398 g/mol. The van der Waals surface area contributed by atoms with E-state index in [9.17, 15) is 13.2 Å². The fourth-order valence-corrected chi connectivity index (χ4v) is 5.49. The molecule has 0 spiro atoms. The summed E-state index contributed by atoms with van der Waals surface area (Å²) >= 11 is 6.11. The molecule has 4 rings (SSSR count). The van der Waals surface area contributed by atoms with Gasteiger partial charge in [0, 0.05) is 18.1 Å². The summed E-state index contributed by atoms with van der Waals surface area (Å²) in [6, 6.07) is 14.7. The van der Waals surface area contributed by atoms with Crippen LogP contribution in [0.25, 0.3) is 10.9 Å². The van der Waals surface area contributed by atoms with Crippen LogP contribution in [0.4, 0.5) is 5.69 Å². The van der Waals surface area contributed by atoms with Crippen LogP contribution in [0.15, 0.2) is 65.7 Å². The van der Waals surface area contributed by atoms with Gasteiger partial charge in [0.1, 0.15) is 10.9 Å². The lowest BCUT2D eigenvalue weighted by Gasteiger charge is -2.24. The Morgan fingerprint density at radius 2 is 1.89 bits per heavy atom. The van der Waals surface area contributed by atoms with E-state index in [2.05, 4.69) is 10.3 Å². The van der Waals surface area contributed by atoms with E-state index in [-0.39, 0.29) is 17.3 Å². The summed E-state index contributed by atoms with van der Waals surface area (Å²) in [7, 11) is -3.88. The van der Waals surface area contributed by atoms with Gasteiger partial charge in [-0.25, -0.2) is 8.42 Å². The molecular formula is C20H18ClN3O3S. The second-order valence-corrected chi connectivity index (χ2v) is 8.84. The van der Waals surface area contributed by atoms with Gasteiger partial charge in [0.2, 0.25) is 15.9 Å². The molecule has 1 atom stereocenters. The van der Waals surface area contributed by atoms with E-state index in [1.165, 1.54) is 10.4 Å². The van der Waals surface area contributed by atoms with E-state index in [4.69, 9.17) is 11.6 Å². The predicted molar refractivity (Wildman–Crippen MR) is 109 cm³/mol. The standard InChI is InChI=1S/C20H18ClN3O3S/c21-15-8-1-2-9-16(15)23-20(25)17-10-5-13-24(17)28(26,27)18-11-3-6-14-7-4-12-22-19(14)18/h1-4,6-9,11-12,17H,5,10,13H2,(H,23,25). The zero-order chi connectivity index (χ0) is 19.7. The van der Waals surface area contributed by atoms with E-state index in [0.717, 1.165) is 5.39 Å². The quantitative estimate of drug-likeness (QED) is 0.704. The number of sulfonamides is 1. The number of amides is 1. The Balaban J connectivity index is 1.67. The maximum Gasteiger partial charge on any atom is 0.245 e. The smallest absolute Gasteiger partial charge is 0.245 e. The number of carbonyl (C=O) groups excluding carboxylic acids is 1. The minimum absolute atomic E-state index is 0.114. The number of hydrogen-bond acceptors (Lipinski definition) is 4. The monoisotopic (exact) mass is 415 g/mol. The normalized spacial score (nSPS) is 17.7. The van der Waals surface area contributed by atoms with E-state index in [1.807, 2.05) is 12.1 Å². The van der Waals surface area contributed by atoms with Gasteiger partial charge in [-0.15, -0.1) is 0 Å². The Labute approximate surface area is 168 Å². The number of para-hydroxylation sites is 2. The van der Waals surface area contributed by atoms with Gasteiger partial charge in [-0.1, -0.05) is 41.9 Å². The molecule has 1 aliphatic rings. The van der Waals surface area contributed by atoms with E-state index in [0.29, 0.717) is 29.1 Å². The first kappa shape index (κ1) is 18.9. The van der Waals surface area contributed by atoms with E-state index >= 15 is 0 Å². The number of rotatable bonds is 4. The summed E-state index contributed by atoms with van der Waals surface area (Å²) in [5, 5.41) is 3.89. The van der Waals surface area contributed by atoms with Gasteiger partial charge < -0.3 is 5.32 Å². The first-order valence-corrected chi connectivity index (χ1v) is 10.7. The van der Waals surface area contributed by atoms with Crippen molar-refractivity contribution >= 4 is 44.1 Å². The van der Waals surface area contributed by atoms with Gasteiger partial charge in [0.25, 0.3) is 0 Å². The molecule has 0 saturated carbocycles. The van der Waals surface area contributed by atoms with Crippen molar-refractivity contribution in [1.82, 2.24) is 9.29 Å².